The van der Waals surface area contributed by atoms with Crippen LogP contribution in [0.1, 0.15) is 18.9 Å². The van der Waals surface area contributed by atoms with Crippen LogP contribution in [-0.4, -0.2) is 64.7 Å². The van der Waals surface area contributed by atoms with E-state index in [4.69, 9.17) is 16.6 Å². The lowest BCUT2D eigenvalue weighted by molar-refractivity contribution is -0.189. The first-order valence-electron chi connectivity index (χ1n) is 10.6. The molecule has 8 nitrogen and oxygen atoms in total. The summed E-state index contributed by atoms with van der Waals surface area (Å²) in [6.45, 7) is 4.47. The normalized spacial score (nSPS) is 26.6. The van der Waals surface area contributed by atoms with Crippen molar-refractivity contribution < 1.29 is 18.0 Å². The Bertz CT molecular complexity index is 1060. The van der Waals surface area contributed by atoms with E-state index in [1.807, 2.05) is 25.1 Å². The second-order valence-electron chi connectivity index (χ2n) is 8.54. The number of thioether (sulfide) groups is 1. The summed E-state index contributed by atoms with van der Waals surface area (Å²) >= 11 is 8.06. The number of sulfonamides is 1. The third-order valence-electron chi connectivity index (χ3n) is 5.91. The van der Waals surface area contributed by atoms with Crippen LogP contribution in [0.3, 0.4) is 0 Å². The molecular weight excluding hydrogens is 484 g/mol. The Labute approximate surface area is 203 Å². The monoisotopic (exact) mass is 510 g/mol. The van der Waals surface area contributed by atoms with Crippen LogP contribution in [0.2, 0.25) is 0 Å². The van der Waals surface area contributed by atoms with Gasteiger partial charge in [-0.1, -0.05) is 48.5 Å². The predicted octanol–water partition coefficient (Wildman–Crippen LogP) is 2.83. The van der Waals surface area contributed by atoms with Gasteiger partial charge in [0, 0.05) is 35.4 Å². The lowest BCUT2D eigenvalue weighted by Crippen LogP contribution is -2.71. The molecule has 4 rings (SSSR count). The van der Waals surface area contributed by atoms with E-state index in [0.717, 1.165) is 24.0 Å². The summed E-state index contributed by atoms with van der Waals surface area (Å²) in [5.41, 5.74) is 0.744. The van der Waals surface area contributed by atoms with Gasteiger partial charge in [0.25, 0.3) is 10.0 Å². The SMILES string of the molecule is CC1(N[C@]2(N(OC=O)S(=O)(=O)c3ccccc3)CSCN2Cl)CCN(Cc2ccccc2)C1. The number of hydrogen-bond acceptors (Lipinski definition) is 8. The molecule has 0 aliphatic carbocycles. The van der Waals surface area contributed by atoms with Gasteiger partial charge in [0.15, 0.2) is 0 Å². The minimum absolute atomic E-state index is 0.0114. The van der Waals surface area contributed by atoms with Crippen molar-refractivity contribution in [2.45, 2.75) is 36.1 Å². The summed E-state index contributed by atoms with van der Waals surface area (Å²) in [6.07, 6.45) is 0.775. The fourth-order valence-electron chi connectivity index (χ4n) is 4.42. The third-order valence-corrected chi connectivity index (χ3v) is 9.19. The summed E-state index contributed by atoms with van der Waals surface area (Å²) in [7, 11) is -4.20. The van der Waals surface area contributed by atoms with Gasteiger partial charge in [-0.25, -0.2) is 8.42 Å². The Hall–Kier alpha value is -1.66. The third kappa shape index (κ3) is 5.07. The molecule has 1 N–H and O–H groups in total. The van der Waals surface area contributed by atoms with Gasteiger partial charge in [0.05, 0.1) is 10.8 Å². The van der Waals surface area contributed by atoms with Crippen molar-refractivity contribution in [2.75, 3.05) is 24.7 Å². The number of hydrogen-bond donors (Lipinski definition) is 1. The van der Waals surface area contributed by atoms with E-state index in [1.165, 1.54) is 33.9 Å². The number of halogens is 1. The highest BCUT2D eigenvalue weighted by molar-refractivity contribution is 7.99. The maximum atomic E-state index is 13.5. The van der Waals surface area contributed by atoms with Gasteiger partial charge in [0.1, 0.15) is 0 Å². The first-order valence-corrected chi connectivity index (χ1v) is 13.5. The van der Waals surface area contributed by atoms with Crippen molar-refractivity contribution in [1.82, 2.24) is 19.1 Å². The molecule has 0 radical (unpaired) electrons. The fourth-order valence-corrected chi connectivity index (χ4v) is 7.53. The average molecular weight is 511 g/mol. The van der Waals surface area contributed by atoms with Crippen molar-refractivity contribution >= 4 is 40.0 Å². The van der Waals surface area contributed by atoms with Crippen LogP contribution in [0.25, 0.3) is 0 Å². The molecule has 2 heterocycles. The molecule has 0 spiro atoms. The number of rotatable bonds is 9. The van der Waals surface area contributed by atoms with E-state index in [1.54, 1.807) is 18.2 Å². The molecule has 178 valence electrons. The van der Waals surface area contributed by atoms with E-state index in [2.05, 4.69) is 22.3 Å². The van der Waals surface area contributed by atoms with Crippen LogP contribution in [0, 0.1) is 0 Å². The number of carbonyl (C=O) groups excluding carboxylic acids is 1. The van der Waals surface area contributed by atoms with E-state index < -0.39 is 21.3 Å². The fraction of sp³-hybridized carbons (Fsp3) is 0.409. The van der Waals surface area contributed by atoms with Crippen molar-refractivity contribution in [3.8, 4) is 0 Å². The smallest absolute Gasteiger partial charge is 0.314 e. The van der Waals surface area contributed by atoms with Gasteiger partial charge >= 0.3 is 6.47 Å². The molecule has 0 amide bonds. The van der Waals surface area contributed by atoms with E-state index in [9.17, 15) is 13.2 Å². The molecule has 1 unspecified atom stereocenters. The molecule has 2 aliphatic rings. The molecule has 2 fully saturated rings. The summed E-state index contributed by atoms with van der Waals surface area (Å²) < 4.78 is 29.2. The highest BCUT2D eigenvalue weighted by atomic mass is 35.5. The molecule has 33 heavy (non-hydrogen) atoms. The molecule has 2 aromatic rings. The van der Waals surface area contributed by atoms with Crippen LogP contribution < -0.4 is 5.32 Å². The number of hydroxylamine groups is 1. The highest BCUT2D eigenvalue weighted by Gasteiger charge is 2.57. The second-order valence-corrected chi connectivity index (χ2v) is 11.7. The summed E-state index contributed by atoms with van der Waals surface area (Å²) in [4.78, 5) is 18.9. The molecule has 11 heteroatoms. The molecule has 0 aromatic heterocycles. The highest BCUT2D eigenvalue weighted by Crippen LogP contribution is 2.40. The minimum Gasteiger partial charge on any atom is -0.352 e. The summed E-state index contributed by atoms with van der Waals surface area (Å²) in [6, 6.07) is 18.1. The molecule has 2 aliphatic heterocycles. The average Bonchev–Trinajstić information content (AvgIpc) is 3.35. The number of nitrogens with one attached hydrogen (secondary N) is 1. The maximum Gasteiger partial charge on any atom is 0.314 e. The standard InChI is InChI=1S/C22H27ClN4O4S2/c1-21(12-13-25(15-21)14-19-8-4-2-5-9-19)24-22(16-32-17-26(22)23)27(31-18-28)33(29,30)20-10-6-3-7-11-20/h2-11,18,24H,12-17H2,1H3/t21?,22-/m1/s1. The Morgan fingerprint density at radius 2 is 1.85 bits per heavy atom. The predicted molar refractivity (Wildman–Crippen MR) is 128 cm³/mol. The number of nitrogens with zero attached hydrogens (tertiary/aromatic N) is 3. The maximum absolute atomic E-state index is 13.5. The summed E-state index contributed by atoms with van der Waals surface area (Å²) in [5, 5.41) is 3.49. The molecule has 2 aromatic carbocycles. The molecule has 0 saturated carbocycles. The van der Waals surface area contributed by atoms with Crippen LogP contribution in [-0.2, 0) is 26.2 Å². The topological polar surface area (TPSA) is 82.2 Å². The van der Waals surface area contributed by atoms with Gasteiger partial charge in [-0.05, 0) is 42.8 Å². The van der Waals surface area contributed by atoms with Gasteiger partial charge in [-0.15, -0.1) is 11.8 Å². The second kappa shape index (κ2) is 9.91. The quantitative estimate of drug-likeness (QED) is 0.239. The molecule has 2 atom stereocenters. The Morgan fingerprint density at radius 1 is 1.18 bits per heavy atom. The van der Waals surface area contributed by atoms with Crippen molar-refractivity contribution in [2.24, 2.45) is 0 Å². The molecular formula is C22H27ClN4O4S2. The zero-order valence-electron chi connectivity index (χ0n) is 18.3. The zero-order chi connectivity index (χ0) is 23.5. The van der Waals surface area contributed by atoms with Gasteiger partial charge < -0.3 is 4.84 Å². The van der Waals surface area contributed by atoms with Gasteiger partial charge in [0.2, 0.25) is 5.79 Å². The van der Waals surface area contributed by atoms with Crippen molar-refractivity contribution in [3.63, 3.8) is 0 Å². The number of carbonyl (C=O) groups is 1. The lowest BCUT2D eigenvalue weighted by atomic mass is 10.0. The summed E-state index contributed by atoms with van der Waals surface area (Å²) in [5.74, 6) is -0.800. The van der Waals surface area contributed by atoms with E-state index in [-0.39, 0.29) is 17.1 Å². The Balaban J connectivity index is 1.62. The number of likely N-dealkylation sites (tertiary alicyclic amines) is 1. The first kappa shape index (κ1) is 24.5. The van der Waals surface area contributed by atoms with Crippen molar-refractivity contribution in [3.05, 3.63) is 66.2 Å². The molecule has 0 bridgehead atoms. The van der Waals surface area contributed by atoms with Gasteiger partial charge in [-0.3, -0.25) is 15.0 Å². The van der Waals surface area contributed by atoms with E-state index in [0.29, 0.717) is 12.4 Å². The minimum atomic E-state index is -4.20. The van der Waals surface area contributed by atoms with Crippen LogP contribution >= 0.6 is 23.5 Å². The van der Waals surface area contributed by atoms with Crippen LogP contribution in [0.15, 0.2) is 65.6 Å². The Kier molecular flexibility index (Phi) is 7.35. The van der Waals surface area contributed by atoms with Crippen LogP contribution in [0.4, 0.5) is 0 Å². The molecule has 2 saturated heterocycles. The largest absolute Gasteiger partial charge is 0.352 e. The number of benzene rings is 2. The van der Waals surface area contributed by atoms with Crippen molar-refractivity contribution in [1.29, 1.82) is 0 Å². The lowest BCUT2D eigenvalue weighted by Gasteiger charge is -2.45. The Morgan fingerprint density at radius 3 is 2.45 bits per heavy atom. The van der Waals surface area contributed by atoms with Crippen LogP contribution in [0.5, 0.6) is 0 Å². The van der Waals surface area contributed by atoms with E-state index >= 15 is 0 Å². The zero-order valence-corrected chi connectivity index (χ0v) is 20.7. The van der Waals surface area contributed by atoms with Gasteiger partial charge in [-0.2, -0.15) is 4.42 Å². The first-order chi connectivity index (χ1) is 15.8.